The Morgan fingerprint density at radius 2 is 2.04 bits per heavy atom. The summed E-state index contributed by atoms with van der Waals surface area (Å²) in [6.45, 7) is 9.38. The number of carbonyl (C=O) groups excluding carboxylic acids is 2. The zero-order valence-corrected chi connectivity index (χ0v) is 16.6. The number of nitrogens with zero attached hydrogens (tertiary/aromatic N) is 1. The van der Waals surface area contributed by atoms with Gasteiger partial charge < -0.3 is 4.74 Å². The lowest BCUT2D eigenvalue weighted by Gasteiger charge is -2.33. The number of carbonyl (C=O) groups is 2. The molecule has 5 heteroatoms. The quantitative estimate of drug-likeness (QED) is 0.829. The zero-order chi connectivity index (χ0) is 19.1. The summed E-state index contributed by atoms with van der Waals surface area (Å²) in [6.07, 6.45) is 6.98. The number of allylic oxidation sites excluding steroid dienone is 2. The molecule has 0 fully saturated rings. The van der Waals surface area contributed by atoms with Crippen LogP contribution in [-0.4, -0.2) is 27.6 Å². The summed E-state index contributed by atoms with van der Waals surface area (Å²) in [5, 5.41) is 7.69. The van der Waals surface area contributed by atoms with Crippen molar-refractivity contribution in [2.45, 2.75) is 78.7 Å². The minimum Gasteiger partial charge on any atom is -0.460 e. The molecule has 26 heavy (non-hydrogen) atoms. The second kappa shape index (κ2) is 6.67. The molecule has 0 spiro atoms. The number of ether oxygens (including phenoxy) is 1. The van der Waals surface area contributed by atoms with E-state index in [2.05, 4.69) is 16.3 Å². The van der Waals surface area contributed by atoms with E-state index in [-0.39, 0.29) is 17.7 Å². The van der Waals surface area contributed by atoms with E-state index in [0.29, 0.717) is 6.42 Å². The molecule has 2 unspecified atom stereocenters. The molecule has 0 aliphatic heterocycles. The van der Waals surface area contributed by atoms with Crippen LogP contribution in [-0.2, 0) is 27.2 Å². The van der Waals surface area contributed by atoms with E-state index in [9.17, 15) is 9.59 Å². The molecule has 3 rings (SSSR count). The fourth-order valence-electron chi connectivity index (χ4n) is 3.88. The summed E-state index contributed by atoms with van der Waals surface area (Å²) in [7, 11) is 0. The molecular formula is C21H30N2O3. The van der Waals surface area contributed by atoms with Crippen molar-refractivity contribution in [3.8, 4) is 0 Å². The van der Waals surface area contributed by atoms with Gasteiger partial charge in [-0.2, -0.15) is 5.10 Å². The first-order chi connectivity index (χ1) is 12.1. The highest BCUT2D eigenvalue weighted by Crippen LogP contribution is 2.41. The molecule has 0 saturated carbocycles. The predicted octanol–water partition coefficient (Wildman–Crippen LogP) is 4.02. The highest BCUT2D eigenvalue weighted by atomic mass is 16.6. The lowest BCUT2D eigenvalue weighted by Crippen LogP contribution is -2.36. The zero-order valence-electron chi connectivity index (χ0n) is 16.6. The largest absolute Gasteiger partial charge is 0.460 e. The van der Waals surface area contributed by atoms with Crippen molar-refractivity contribution in [3.63, 3.8) is 0 Å². The maximum Gasteiger partial charge on any atom is 0.312 e. The first-order valence-corrected chi connectivity index (χ1v) is 9.58. The van der Waals surface area contributed by atoms with Gasteiger partial charge in [-0.15, -0.1) is 0 Å². The highest BCUT2D eigenvalue weighted by Gasteiger charge is 2.39. The van der Waals surface area contributed by atoms with Gasteiger partial charge in [0.15, 0.2) is 0 Å². The molecule has 5 nitrogen and oxygen atoms in total. The van der Waals surface area contributed by atoms with Gasteiger partial charge in [0.25, 0.3) is 0 Å². The standard InChI is InChI=1S/C21H30N2O3/c1-13(24)15-6-7-16-17(12-15)22-23-18(16)14-8-10-21(5,11-9-14)19(25)26-20(2,3)4/h8,15H,6-7,9-12H2,1-5H3,(H,22,23). The van der Waals surface area contributed by atoms with E-state index in [1.54, 1.807) is 6.92 Å². The second-order valence-corrected chi connectivity index (χ2v) is 9.08. The Morgan fingerprint density at radius 3 is 2.62 bits per heavy atom. The number of fused-ring (bicyclic) bond motifs is 1. The number of esters is 1. The fraction of sp³-hybridized carbons (Fsp3) is 0.667. The first-order valence-electron chi connectivity index (χ1n) is 9.58. The fourth-order valence-corrected chi connectivity index (χ4v) is 3.88. The molecule has 1 heterocycles. The number of H-pyrrole nitrogens is 1. The molecule has 1 aromatic heterocycles. The van der Waals surface area contributed by atoms with Crippen molar-refractivity contribution >= 4 is 17.3 Å². The van der Waals surface area contributed by atoms with E-state index in [1.807, 2.05) is 27.7 Å². The summed E-state index contributed by atoms with van der Waals surface area (Å²) >= 11 is 0. The molecule has 2 aliphatic carbocycles. The summed E-state index contributed by atoms with van der Waals surface area (Å²) in [5.41, 5.74) is 3.69. The number of aromatic amines is 1. The SMILES string of the molecule is CC(=O)C1CCc2c(C3=CCC(C)(C(=O)OC(C)(C)C)CC3)n[nH]c2C1. The maximum absolute atomic E-state index is 12.6. The lowest BCUT2D eigenvalue weighted by atomic mass is 9.75. The van der Waals surface area contributed by atoms with Crippen LogP contribution in [0.25, 0.3) is 5.57 Å². The monoisotopic (exact) mass is 358 g/mol. The molecule has 0 bridgehead atoms. The van der Waals surface area contributed by atoms with Gasteiger partial charge in [0.2, 0.25) is 0 Å². The van der Waals surface area contributed by atoms with E-state index < -0.39 is 11.0 Å². The molecule has 0 aromatic carbocycles. The normalized spacial score (nSPS) is 26.0. The van der Waals surface area contributed by atoms with Gasteiger partial charge in [0.1, 0.15) is 11.4 Å². The van der Waals surface area contributed by atoms with Gasteiger partial charge in [-0.3, -0.25) is 14.7 Å². The third-order valence-corrected chi connectivity index (χ3v) is 5.66. The van der Waals surface area contributed by atoms with Gasteiger partial charge in [-0.05, 0) is 78.7 Å². The summed E-state index contributed by atoms with van der Waals surface area (Å²) in [4.78, 5) is 24.2. The Bertz CT molecular complexity index is 754. The van der Waals surface area contributed by atoms with Crippen LogP contribution >= 0.6 is 0 Å². The van der Waals surface area contributed by atoms with Crippen LogP contribution < -0.4 is 0 Å². The van der Waals surface area contributed by atoms with Crippen LogP contribution in [0, 0.1) is 11.3 Å². The van der Waals surface area contributed by atoms with Crippen molar-refractivity contribution in [2.75, 3.05) is 0 Å². The Hall–Kier alpha value is -1.91. The number of hydrogen-bond acceptors (Lipinski definition) is 4. The summed E-state index contributed by atoms with van der Waals surface area (Å²) in [5.74, 6) is 0.261. The molecule has 2 atom stereocenters. The molecule has 1 aromatic rings. The average molecular weight is 358 g/mol. The van der Waals surface area contributed by atoms with Gasteiger partial charge in [0, 0.05) is 17.2 Å². The predicted molar refractivity (Wildman–Crippen MR) is 101 cm³/mol. The van der Waals surface area contributed by atoms with Crippen molar-refractivity contribution in [1.29, 1.82) is 0 Å². The molecule has 0 radical (unpaired) electrons. The first kappa shape index (κ1) is 18.9. The van der Waals surface area contributed by atoms with Crippen LogP contribution in [0.5, 0.6) is 0 Å². The van der Waals surface area contributed by atoms with Crippen LogP contribution in [0.4, 0.5) is 0 Å². The average Bonchev–Trinajstić information content (AvgIpc) is 2.97. The van der Waals surface area contributed by atoms with Gasteiger partial charge in [-0.1, -0.05) is 6.08 Å². The highest BCUT2D eigenvalue weighted by molar-refractivity contribution is 5.80. The molecule has 2 aliphatic rings. The number of Topliss-reactive ketones (excluding diaryl/α,β-unsaturated/α-hetero) is 1. The molecule has 1 N–H and O–H groups in total. The Morgan fingerprint density at radius 1 is 1.31 bits per heavy atom. The second-order valence-electron chi connectivity index (χ2n) is 9.08. The molecule has 0 amide bonds. The van der Waals surface area contributed by atoms with Crippen molar-refractivity contribution in [3.05, 3.63) is 23.0 Å². The van der Waals surface area contributed by atoms with Crippen LogP contribution in [0.15, 0.2) is 6.08 Å². The number of nitrogens with one attached hydrogen (secondary N) is 1. The third-order valence-electron chi connectivity index (χ3n) is 5.66. The maximum atomic E-state index is 12.6. The molecular weight excluding hydrogens is 328 g/mol. The van der Waals surface area contributed by atoms with E-state index in [0.717, 1.165) is 43.5 Å². The van der Waals surface area contributed by atoms with E-state index in [1.165, 1.54) is 11.1 Å². The van der Waals surface area contributed by atoms with Crippen molar-refractivity contribution in [1.82, 2.24) is 10.2 Å². The minimum absolute atomic E-state index is 0.117. The number of rotatable bonds is 3. The molecule has 0 saturated heterocycles. The Balaban J connectivity index is 1.75. The van der Waals surface area contributed by atoms with Gasteiger partial charge >= 0.3 is 5.97 Å². The topological polar surface area (TPSA) is 72.1 Å². The number of hydrogen-bond donors (Lipinski definition) is 1. The number of ketones is 1. The van der Waals surface area contributed by atoms with Crippen LogP contribution in [0.3, 0.4) is 0 Å². The summed E-state index contributed by atoms with van der Waals surface area (Å²) in [6, 6.07) is 0. The minimum atomic E-state index is -0.465. The third kappa shape index (κ3) is 3.76. The van der Waals surface area contributed by atoms with Gasteiger partial charge in [-0.25, -0.2) is 0 Å². The number of aromatic nitrogens is 2. The summed E-state index contributed by atoms with van der Waals surface area (Å²) < 4.78 is 5.61. The Labute approximate surface area is 155 Å². The Kier molecular flexibility index (Phi) is 4.84. The van der Waals surface area contributed by atoms with Crippen LogP contribution in [0.1, 0.15) is 77.3 Å². The molecule has 142 valence electrons. The van der Waals surface area contributed by atoms with Crippen molar-refractivity contribution in [2.24, 2.45) is 11.3 Å². The van der Waals surface area contributed by atoms with Crippen molar-refractivity contribution < 1.29 is 14.3 Å². The lowest BCUT2D eigenvalue weighted by molar-refractivity contribution is -0.167. The smallest absolute Gasteiger partial charge is 0.312 e. The van der Waals surface area contributed by atoms with E-state index in [4.69, 9.17) is 4.74 Å². The van der Waals surface area contributed by atoms with E-state index >= 15 is 0 Å². The van der Waals surface area contributed by atoms with Gasteiger partial charge in [0.05, 0.1) is 11.1 Å². The van der Waals surface area contributed by atoms with Crippen LogP contribution in [0.2, 0.25) is 0 Å².